The van der Waals surface area contributed by atoms with Crippen molar-refractivity contribution in [2.75, 3.05) is 14.2 Å². The van der Waals surface area contributed by atoms with Crippen molar-refractivity contribution in [3.63, 3.8) is 0 Å². The van der Waals surface area contributed by atoms with E-state index in [4.69, 9.17) is 9.84 Å². The molecule has 0 aliphatic carbocycles. The lowest BCUT2D eigenvalue weighted by Crippen LogP contribution is -2.34. The Morgan fingerprint density at radius 1 is 1.42 bits per heavy atom. The lowest BCUT2D eigenvalue weighted by molar-refractivity contribution is -0.149. The van der Waals surface area contributed by atoms with Crippen LogP contribution in [0.25, 0.3) is 0 Å². The number of carbonyl (C=O) groups is 2. The summed E-state index contributed by atoms with van der Waals surface area (Å²) in [6.07, 6.45) is 0. The molecule has 1 aromatic rings. The Balaban J connectivity index is 2.79. The minimum Gasteiger partial charge on any atom is -0.504 e. The van der Waals surface area contributed by atoms with E-state index in [0.29, 0.717) is 5.75 Å². The van der Waals surface area contributed by atoms with Gasteiger partial charge in [0.1, 0.15) is 5.92 Å². The highest BCUT2D eigenvalue weighted by Crippen LogP contribution is 2.26. The van der Waals surface area contributed by atoms with Crippen LogP contribution >= 0.6 is 0 Å². The van der Waals surface area contributed by atoms with Crippen molar-refractivity contribution in [2.24, 2.45) is 5.92 Å². The smallest absolute Gasteiger partial charge is 0.315 e. The first-order chi connectivity index (χ1) is 8.86. The van der Waals surface area contributed by atoms with Crippen LogP contribution in [0.1, 0.15) is 12.5 Å². The molecule has 2 N–H and O–H groups in total. The summed E-state index contributed by atoms with van der Waals surface area (Å²) in [5, 5.41) is 18.2. The highest BCUT2D eigenvalue weighted by Gasteiger charge is 2.24. The maximum Gasteiger partial charge on any atom is 0.315 e. The van der Waals surface area contributed by atoms with Gasteiger partial charge in [-0.3, -0.25) is 9.59 Å². The maximum atomic E-state index is 11.8. The van der Waals surface area contributed by atoms with Crippen LogP contribution in [-0.2, 0) is 16.1 Å². The Labute approximate surface area is 111 Å². The molecule has 1 atom stereocenters. The second-order valence-corrected chi connectivity index (χ2v) is 4.26. The number of benzene rings is 1. The number of hydrogen-bond acceptors (Lipinski definition) is 4. The zero-order valence-electron chi connectivity index (χ0n) is 11.1. The van der Waals surface area contributed by atoms with E-state index in [1.807, 2.05) is 0 Å². The van der Waals surface area contributed by atoms with Crippen LogP contribution in [0.2, 0.25) is 0 Å². The monoisotopic (exact) mass is 267 g/mol. The summed E-state index contributed by atoms with van der Waals surface area (Å²) in [7, 11) is 2.96. The first-order valence-corrected chi connectivity index (χ1v) is 5.70. The van der Waals surface area contributed by atoms with E-state index in [0.717, 1.165) is 5.56 Å². The van der Waals surface area contributed by atoms with Gasteiger partial charge in [0, 0.05) is 13.6 Å². The molecule has 0 bridgehead atoms. The number of hydrogen-bond donors (Lipinski definition) is 2. The molecule has 0 aliphatic heterocycles. The number of rotatable bonds is 5. The first-order valence-electron chi connectivity index (χ1n) is 5.70. The van der Waals surface area contributed by atoms with Crippen LogP contribution in [0.3, 0.4) is 0 Å². The number of carboxylic acids is 1. The standard InChI is InChI=1S/C13H17NO5/c1-8(13(17)18)12(16)14(2)7-9-4-5-10(15)11(6-9)19-3/h4-6,8,15H,7H2,1-3H3,(H,17,18). The number of carbonyl (C=O) groups excluding carboxylic acids is 1. The third kappa shape index (κ3) is 3.61. The molecule has 1 amide bonds. The summed E-state index contributed by atoms with van der Waals surface area (Å²) in [6, 6.07) is 4.71. The quantitative estimate of drug-likeness (QED) is 0.779. The molecule has 104 valence electrons. The number of carboxylic acid groups (broad SMARTS) is 1. The van der Waals surface area contributed by atoms with Gasteiger partial charge in [0.25, 0.3) is 0 Å². The van der Waals surface area contributed by atoms with Gasteiger partial charge < -0.3 is 19.8 Å². The zero-order chi connectivity index (χ0) is 14.6. The number of amides is 1. The van der Waals surface area contributed by atoms with Gasteiger partial charge in [-0.05, 0) is 24.6 Å². The minimum absolute atomic E-state index is 0.0131. The molecule has 0 saturated carbocycles. The molecule has 1 aromatic carbocycles. The van der Waals surface area contributed by atoms with Crippen molar-refractivity contribution in [3.8, 4) is 11.5 Å². The Morgan fingerprint density at radius 2 is 2.05 bits per heavy atom. The van der Waals surface area contributed by atoms with E-state index in [-0.39, 0.29) is 12.3 Å². The van der Waals surface area contributed by atoms with Gasteiger partial charge in [0.15, 0.2) is 11.5 Å². The van der Waals surface area contributed by atoms with Gasteiger partial charge >= 0.3 is 5.97 Å². The second-order valence-electron chi connectivity index (χ2n) is 4.26. The number of aromatic hydroxyl groups is 1. The van der Waals surface area contributed by atoms with Crippen molar-refractivity contribution in [3.05, 3.63) is 23.8 Å². The molecule has 0 aliphatic rings. The Hall–Kier alpha value is -2.24. The van der Waals surface area contributed by atoms with Gasteiger partial charge in [0.05, 0.1) is 7.11 Å². The van der Waals surface area contributed by atoms with Crippen LogP contribution in [-0.4, -0.2) is 41.1 Å². The average molecular weight is 267 g/mol. The summed E-state index contributed by atoms with van der Waals surface area (Å²) >= 11 is 0. The maximum absolute atomic E-state index is 11.8. The Kier molecular flexibility index (Phi) is 4.74. The van der Waals surface area contributed by atoms with Crippen LogP contribution in [0.4, 0.5) is 0 Å². The molecule has 0 saturated heterocycles. The zero-order valence-corrected chi connectivity index (χ0v) is 11.1. The fourth-order valence-electron chi connectivity index (χ4n) is 1.61. The van der Waals surface area contributed by atoms with Crippen LogP contribution in [0.5, 0.6) is 11.5 Å². The molecular weight excluding hydrogens is 250 g/mol. The molecule has 19 heavy (non-hydrogen) atoms. The van der Waals surface area contributed by atoms with E-state index in [1.165, 1.54) is 32.0 Å². The molecule has 1 unspecified atom stereocenters. The number of nitrogens with zero attached hydrogens (tertiary/aromatic N) is 1. The van der Waals surface area contributed by atoms with Crippen molar-refractivity contribution >= 4 is 11.9 Å². The number of ether oxygens (including phenoxy) is 1. The summed E-state index contributed by atoms with van der Waals surface area (Å²) in [4.78, 5) is 23.8. The average Bonchev–Trinajstić information content (AvgIpc) is 2.38. The van der Waals surface area contributed by atoms with E-state index in [9.17, 15) is 14.7 Å². The molecule has 0 spiro atoms. The number of methoxy groups -OCH3 is 1. The predicted molar refractivity (Wildman–Crippen MR) is 67.9 cm³/mol. The van der Waals surface area contributed by atoms with Gasteiger partial charge in [-0.15, -0.1) is 0 Å². The molecule has 0 heterocycles. The molecular formula is C13H17NO5. The Morgan fingerprint density at radius 3 is 2.58 bits per heavy atom. The molecule has 0 aromatic heterocycles. The summed E-state index contributed by atoms with van der Waals surface area (Å²) < 4.78 is 4.97. The van der Waals surface area contributed by atoms with Gasteiger partial charge in [-0.2, -0.15) is 0 Å². The van der Waals surface area contributed by atoms with Crippen molar-refractivity contribution < 1.29 is 24.5 Å². The summed E-state index contributed by atoms with van der Waals surface area (Å²) in [5.41, 5.74) is 0.739. The highest BCUT2D eigenvalue weighted by molar-refractivity contribution is 5.96. The third-order valence-corrected chi connectivity index (χ3v) is 2.78. The summed E-state index contributed by atoms with van der Waals surface area (Å²) in [6.45, 7) is 1.59. The molecule has 6 nitrogen and oxygen atoms in total. The summed E-state index contributed by atoms with van der Waals surface area (Å²) in [5.74, 6) is -2.38. The first kappa shape index (κ1) is 14.8. The molecule has 1 rings (SSSR count). The predicted octanol–water partition coefficient (Wildman–Crippen LogP) is 1.08. The van der Waals surface area contributed by atoms with E-state index in [2.05, 4.69) is 0 Å². The van der Waals surface area contributed by atoms with Crippen molar-refractivity contribution in [1.29, 1.82) is 0 Å². The SMILES string of the molecule is COc1cc(CN(C)C(=O)C(C)C(=O)O)ccc1O. The molecule has 0 radical (unpaired) electrons. The van der Waals surface area contributed by atoms with E-state index < -0.39 is 17.8 Å². The number of aliphatic carboxylic acids is 1. The van der Waals surface area contributed by atoms with Gasteiger partial charge in [-0.25, -0.2) is 0 Å². The van der Waals surface area contributed by atoms with Crippen LogP contribution < -0.4 is 4.74 Å². The number of phenolic OH excluding ortho intramolecular Hbond substituents is 1. The largest absolute Gasteiger partial charge is 0.504 e. The van der Waals surface area contributed by atoms with Gasteiger partial charge in [-0.1, -0.05) is 6.07 Å². The topological polar surface area (TPSA) is 87.1 Å². The van der Waals surface area contributed by atoms with Crippen LogP contribution in [0, 0.1) is 5.92 Å². The Bertz CT molecular complexity index is 486. The fourth-order valence-corrected chi connectivity index (χ4v) is 1.61. The van der Waals surface area contributed by atoms with E-state index >= 15 is 0 Å². The molecule has 6 heteroatoms. The van der Waals surface area contributed by atoms with Gasteiger partial charge in [0.2, 0.25) is 5.91 Å². The fraction of sp³-hybridized carbons (Fsp3) is 0.385. The highest BCUT2D eigenvalue weighted by atomic mass is 16.5. The molecule has 0 fully saturated rings. The lowest BCUT2D eigenvalue weighted by atomic mass is 10.1. The lowest BCUT2D eigenvalue weighted by Gasteiger charge is -2.19. The van der Waals surface area contributed by atoms with E-state index in [1.54, 1.807) is 12.1 Å². The van der Waals surface area contributed by atoms with Crippen molar-refractivity contribution in [1.82, 2.24) is 4.90 Å². The minimum atomic E-state index is -1.15. The third-order valence-electron chi connectivity index (χ3n) is 2.78. The second kappa shape index (κ2) is 6.08. The number of phenols is 1. The van der Waals surface area contributed by atoms with Crippen LogP contribution in [0.15, 0.2) is 18.2 Å². The van der Waals surface area contributed by atoms with Crippen molar-refractivity contribution in [2.45, 2.75) is 13.5 Å². The normalized spacial score (nSPS) is 11.7.